The van der Waals surface area contributed by atoms with Crippen molar-refractivity contribution in [3.8, 4) is 0 Å². The van der Waals surface area contributed by atoms with Crippen LogP contribution >= 0.6 is 0 Å². The van der Waals surface area contributed by atoms with E-state index in [0.717, 1.165) is 12.8 Å². The summed E-state index contributed by atoms with van der Waals surface area (Å²) in [4.78, 5) is 0. The topological polar surface area (TPSA) is 0 Å². The minimum absolute atomic E-state index is 1.08. The molecule has 0 aliphatic heterocycles. The average molecular weight is 106 g/mol. The third kappa shape index (κ3) is 2.15. The summed E-state index contributed by atoms with van der Waals surface area (Å²) in [6.07, 6.45) is 15.0. The molecule has 0 aromatic heterocycles. The van der Waals surface area contributed by atoms with Crippen LogP contribution in [0.4, 0.5) is 0 Å². The predicted octanol–water partition coefficient (Wildman–Crippen LogP) is 2.19. The number of hydrogen-bond donors (Lipinski definition) is 0. The Morgan fingerprint density at radius 1 is 0.875 bits per heavy atom. The molecule has 0 atom stereocenters. The van der Waals surface area contributed by atoms with Crippen molar-refractivity contribution >= 4 is 0 Å². The summed E-state index contributed by atoms with van der Waals surface area (Å²) in [5.74, 6) is 0. The fraction of sp³-hybridized carbons (Fsp3) is 0.625. The van der Waals surface area contributed by atoms with Crippen molar-refractivity contribution < 1.29 is 0 Å². The summed E-state index contributed by atoms with van der Waals surface area (Å²) < 4.78 is 0. The Morgan fingerprint density at radius 2 is 1.75 bits per heavy atom. The molecule has 0 amide bonds. The molecule has 0 saturated heterocycles. The van der Waals surface area contributed by atoms with E-state index in [1.54, 1.807) is 0 Å². The molecular formula is C8H10. The molecule has 0 aromatic carbocycles. The SMILES string of the molecule is [C]1/[C]=[C]\CCCCC1. The molecule has 0 heteroatoms. The highest BCUT2D eigenvalue weighted by Gasteiger charge is 1.91. The predicted molar refractivity (Wildman–Crippen MR) is 32.8 cm³/mol. The molecule has 0 fully saturated rings. The van der Waals surface area contributed by atoms with Gasteiger partial charge in [0.25, 0.3) is 0 Å². The van der Waals surface area contributed by atoms with E-state index in [4.69, 9.17) is 0 Å². The lowest BCUT2D eigenvalue weighted by Gasteiger charge is -1.98. The van der Waals surface area contributed by atoms with Gasteiger partial charge in [0.15, 0.2) is 0 Å². The number of rotatable bonds is 0. The van der Waals surface area contributed by atoms with Crippen LogP contribution in [0.3, 0.4) is 0 Å². The Bertz CT molecular complexity index is 62.1. The van der Waals surface area contributed by atoms with E-state index in [-0.39, 0.29) is 0 Å². The lowest BCUT2D eigenvalue weighted by Crippen LogP contribution is -1.82. The van der Waals surface area contributed by atoms with Crippen molar-refractivity contribution in [2.75, 3.05) is 0 Å². The van der Waals surface area contributed by atoms with Crippen LogP contribution in [0.25, 0.3) is 0 Å². The molecule has 0 saturated carbocycles. The lowest BCUT2D eigenvalue weighted by atomic mass is 10.1. The van der Waals surface area contributed by atoms with Crippen LogP contribution in [0.5, 0.6) is 0 Å². The van der Waals surface area contributed by atoms with Gasteiger partial charge in [0.1, 0.15) is 0 Å². The maximum atomic E-state index is 3.03. The largest absolute Gasteiger partial charge is 0.0530 e. The molecule has 1 aliphatic rings. The van der Waals surface area contributed by atoms with E-state index in [1.807, 2.05) is 0 Å². The summed E-state index contributed by atoms with van der Waals surface area (Å²) in [7, 11) is 0. The second-order valence-electron chi connectivity index (χ2n) is 2.04. The first kappa shape index (κ1) is 5.87. The van der Waals surface area contributed by atoms with Gasteiger partial charge in [-0.2, -0.15) is 0 Å². The third-order valence-corrected chi connectivity index (χ3v) is 1.28. The highest BCUT2D eigenvalue weighted by molar-refractivity contribution is 4.82. The maximum Gasteiger partial charge on any atom is 0.0171 e. The molecule has 4 radical (unpaired) electrons. The van der Waals surface area contributed by atoms with Crippen LogP contribution in [-0.4, -0.2) is 0 Å². The smallest absolute Gasteiger partial charge is 0.0171 e. The lowest BCUT2D eigenvalue weighted by molar-refractivity contribution is 0.667. The van der Waals surface area contributed by atoms with Gasteiger partial charge in [0, 0.05) is 6.42 Å². The fourth-order valence-corrected chi connectivity index (χ4v) is 0.791. The molecule has 0 heterocycles. The van der Waals surface area contributed by atoms with Gasteiger partial charge >= 0.3 is 0 Å². The van der Waals surface area contributed by atoms with Crippen molar-refractivity contribution in [2.45, 2.75) is 32.1 Å². The van der Waals surface area contributed by atoms with Gasteiger partial charge in [-0.25, -0.2) is 0 Å². The molecule has 42 valence electrons. The van der Waals surface area contributed by atoms with Crippen LogP contribution in [0.2, 0.25) is 0 Å². The van der Waals surface area contributed by atoms with Crippen LogP contribution < -0.4 is 0 Å². The molecule has 8 heavy (non-hydrogen) atoms. The summed E-state index contributed by atoms with van der Waals surface area (Å²) in [6, 6.07) is 0. The van der Waals surface area contributed by atoms with Gasteiger partial charge in [-0.1, -0.05) is 12.8 Å². The zero-order chi connectivity index (χ0) is 5.66. The molecule has 0 spiro atoms. The summed E-state index contributed by atoms with van der Waals surface area (Å²) >= 11 is 0. The summed E-state index contributed by atoms with van der Waals surface area (Å²) in [5, 5.41) is 0. The molecule has 1 aliphatic carbocycles. The van der Waals surface area contributed by atoms with E-state index in [2.05, 4.69) is 18.6 Å². The number of hydrogen-bond acceptors (Lipinski definition) is 0. The van der Waals surface area contributed by atoms with E-state index in [9.17, 15) is 0 Å². The highest BCUT2D eigenvalue weighted by Crippen LogP contribution is 2.08. The van der Waals surface area contributed by atoms with E-state index < -0.39 is 0 Å². The van der Waals surface area contributed by atoms with Crippen molar-refractivity contribution in [1.29, 1.82) is 0 Å². The molecule has 0 unspecified atom stereocenters. The van der Waals surface area contributed by atoms with E-state index >= 15 is 0 Å². The first-order valence-corrected chi connectivity index (χ1v) is 3.21. The van der Waals surface area contributed by atoms with Crippen molar-refractivity contribution in [1.82, 2.24) is 0 Å². The van der Waals surface area contributed by atoms with E-state index in [1.165, 1.54) is 19.3 Å². The molecule has 1 rings (SSSR count). The minimum atomic E-state index is 1.08. The summed E-state index contributed by atoms with van der Waals surface area (Å²) in [6.45, 7) is 0. The molecule has 0 nitrogen and oxygen atoms in total. The molecule has 0 N–H and O–H groups in total. The standard InChI is InChI=1S/C8H10/c1-2-4-6-8-7-5-3-1/h1-5H2. The van der Waals surface area contributed by atoms with Gasteiger partial charge < -0.3 is 0 Å². The van der Waals surface area contributed by atoms with Crippen LogP contribution in [-0.2, 0) is 0 Å². The summed E-state index contributed by atoms with van der Waals surface area (Å²) in [5.41, 5.74) is 0. The Morgan fingerprint density at radius 3 is 2.75 bits per heavy atom. The maximum absolute atomic E-state index is 3.03. The van der Waals surface area contributed by atoms with Crippen molar-refractivity contribution in [3.05, 3.63) is 18.6 Å². The average Bonchev–Trinajstić information content (AvgIpc) is 1.62. The second-order valence-corrected chi connectivity index (χ2v) is 2.04. The van der Waals surface area contributed by atoms with Crippen molar-refractivity contribution in [3.63, 3.8) is 0 Å². The van der Waals surface area contributed by atoms with Gasteiger partial charge in [0.2, 0.25) is 0 Å². The van der Waals surface area contributed by atoms with Gasteiger partial charge in [-0.3, -0.25) is 0 Å². The van der Waals surface area contributed by atoms with Crippen LogP contribution in [0.1, 0.15) is 32.1 Å². The first-order chi connectivity index (χ1) is 4.00. The van der Waals surface area contributed by atoms with E-state index in [0.29, 0.717) is 0 Å². The highest BCUT2D eigenvalue weighted by atomic mass is 14.0. The molecular weight excluding hydrogens is 96.1 g/mol. The molecule has 0 bridgehead atoms. The van der Waals surface area contributed by atoms with Crippen LogP contribution in [0.15, 0.2) is 0 Å². The number of allylic oxidation sites excluding steroid dienone is 2. The Labute approximate surface area is 51.6 Å². The van der Waals surface area contributed by atoms with Gasteiger partial charge in [-0.15, -0.1) is 0 Å². The van der Waals surface area contributed by atoms with Crippen molar-refractivity contribution in [2.24, 2.45) is 0 Å². The van der Waals surface area contributed by atoms with Gasteiger partial charge in [-0.05, 0) is 31.4 Å². The van der Waals surface area contributed by atoms with Crippen LogP contribution in [0, 0.1) is 18.6 Å². The fourth-order valence-electron chi connectivity index (χ4n) is 0.791. The first-order valence-electron chi connectivity index (χ1n) is 3.21. The zero-order valence-corrected chi connectivity index (χ0v) is 5.04. The Hall–Kier alpha value is -0.260. The molecule has 0 aromatic rings. The second kappa shape index (κ2) is 3.71. The quantitative estimate of drug-likeness (QED) is 0.444. The Balaban J connectivity index is 2.17. The monoisotopic (exact) mass is 106 g/mol. The third-order valence-electron chi connectivity index (χ3n) is 1.28. The minimum Gasteiger partial charge on any atom is -0.0530 e. The Kier molecular flexibility index (Phi) is 2.72. The normalized spacial score (nSPS) is 26.0. The zero-order valence-electron chi connectivity index (χ0n) is 5.04. The van der Waals surface area contributed by atoms with Gasteiger partial charge in [0.05, 0.1) is 0 Å².